The molecule has 0 aromatic heterocycles. The third-order valence-electron chi connectivity index (χ3n) is 4.71. The fourth-order valence-corrected chi connectivity index (χ4v) is 2.97. The van der Waals surface area contributed by atoms with Crippen LogP contribution in [0.5, 0.6) is 0 Å². The Morgan fingerprint density at radius 1 is 0.697 bits per heavy atom. The summed E-state index contributed by atoms with van der Waals surface area (Å²) in [5.74, 6) is -1.09. The largest absolute Gasteiger partial charge is 0.326 e. The number of carbonyl (C=O) groups excluding carboxylic acids is 3. The van der Waals surface area contributed by atoms with E-state index in [1.165, 1.54) is 0 Å². The van der Waals surface area contributed by atoms with Crippen LogP contribution in [0.25, 0.3) is 11.1 Å². The summed E-state index contributed by atoms with van der Waals surface area (Å²) in [5, 5.41) is 5.24. The third kappa shape index (κ3) is 6.72. The van der Waals surface area contributed by atoms with E-state index in [0.717, 1.165) is 11.1 Å². The number of hydrogen-bond donors (Lipinski definition) is 4. The van der Waals surface area contributed by atoms with Gasteiger partial charge in [0.15, 0.2) is 5.11 Å². The second kappa shape index (κ2) is 11.0. The number of hydrazine groups is 1. The molecule has 0 saturated heterocycles. The van der Waals surface area contributed by atoms with E-state index in [2.05, 4.69) is 21.5 Å². The Morgan fingerprint density at radius 2 is 1.24 bits per heavy atom. The summed E-state index contributed by atoms with van der Waals surface area (Å²) in [6, 6.07) is 23.4. The first kappa shape index (κ1) is 23.6. The van der Waals surface area contributed by atoms with Gasteiger partial charge in [-0.3, -0.25) is 30.6 Å². The van der Waals surface area contributed by atoms with Crippen molar-refractivity contribution >= 4 is 40.7 Å². The van der Waals surface area contributed by atoms with E-state index in [1.54, 1.807) is 50.2 Å². The van der Waals surface area contributed by atoms with E-state index in [0.29, 0.717) is 16.8 Å². The van der Waals surface area contributed by atoms with Crippen LogP contribution in [0.15, 0.2) is 78.9 Å². The van der Waals surface area contributed by atoms with E-state index in [9.17, 15) is 14.4 Å². The van der Waals surface area contributed by atoms with Crippen molar-refractivity contribution in [3.63, 3.8) is 0 Å². The zero-order chi connectivity index (χ0) is 23.8. The van der Waals surface area contributed by atoms with Gasteiger partial charge in [0.1, 0.15) is 0 Å². The molecular formula is C25H24N4O3S. The highest BCUT2D eigenvalue weighted by Gasteiger charge is 2.11. The molecule has 0 bridgehead atoms. The van der Waals surface area contributed by atoms with Crippen LogP contribution in [-0.4, -0.2) is 22.8 Å². The van der Waals surface area contributed by atoms with Gasteiger partial charge in [0, 0.05) is 22.7 Å². The van der Waals surface area contributed by atoms with Crippen LogP contribution in [0.1, 0.15) is 34.6 Å². The minimum absolute atomic E-state index is 0.0405. The van der Waals surface area contributed by atoms with Gasteiger partial charge < -0.3 is 5.32 Å². The lowest BCUT2D eigenvalue weighted by molar-refractivity contribution is -0.118. The maximum Gasteiger partial charge on any atom is 0.269 e. The number of amides is 3. The van der Waals surface area contributed by atoms with E-state index in [1.807, 2.05) is 42.5 Å². The summed E-state index contributed by atoms with van der Waals surface area (Å²) in [5.41, 5.74) is 8.38. The molecule has 0 radical (unpaired) electrons. The predicted molar refractivity (Wildman–Crippen MR) is 132 cm³/mol. The lowest BCUT2D eigenvalue weighted by Crippen LogP contribution is -2.48. The average molecular weight is 461 g/mol. The van der Waals surface area contributed by atoms with Crippen LogP contribution < -0.4 is 21.5 Å². The molecule has 0 aliphatic rings. The number of nitrogens with one attached hydrogen (secondary N) is 4. The van der Waals surface area contributed by atoms with Gasteiger partial charge in [0.05, 0.1) is 0 Å². The Kier molecular flexibility index (Phi) is 7.88. The monoisotopic (exact) mass is 460 g/mol. The molecule has 0 fully saturated rings. The van der Waals surface area contributed by atoms with Gasteiger partial charge in [-0.2, -0.15) is 0 Å². The molecule has 0 spiro atoms. The SMILES string of the molecule is CC(C)C(=O)Nc1ccc(C(=O)NNC(=S)NC(=O)c2ccc(-c3ccccc3)cc2)cc1. The number of hydrogen-bond acceptors (Lipinski definition) is 4. The molecule has 0 saturated carbocycles. The van der Waals surface area contributed by atoms with Gasteiger partial charge in [0.25, 0.3) is 11.8 Å². The van der Waals surface area contributed by atoms with Gasteiger partial charge in [-0.15, -0.1) is 0 Å². The Hall–Kier alpha value is -4.04. The highest BCUT2D eigenvalue weighted by atomic mass is 32.1. The lowest BCUT2D eigenvalue weighted by Gasteiger charge is -2.12. The van der Waals surface area contributed by atoms with Gasteiger partial charge in [0.2, 0.25) is 5.91 Å². The molecule has 8 heteroatoms. The van der Waals surface area contributed by atoms with E-state index >= 15 is 0 Å². The minimum Gasteiger partial charge on any atom is -0.326 e. The summed E-state index contributed by atoms with van der Waals surface area (Å²) < 4.78 is 0. The van der Waals surface area contributed by atoms with Gasteiger partial charge in [-0.05, 0) is 59.7 Å². The van der Waals surface area contributed by atoms with Crippen LogP contribution in [0.4, 0.5) is 5.69 Å². The predicted octanol–water partition coefficient (Wildman–Crippen LogP) is 3.90. The van der Waals surface area contributed by atoms with Gasteiger partial charge in [-0.25, -0.2) is 0 Å². The van der Waals surface area contributed by atoms with Crippen LogP contribution >= 0.6 is 12.2 Å². The standard InChI is InChI=1S/C25H24N4O3S/c1-16(2)22(30)26-21-14-12-20(13-15-21)24(32)28-29-25(33)27-23(31)19-10-8-18(9-11-19)17-6-4-3-5-7-17/h3-16H,1-2H3,(H,26,30)(H,28,32)(H2,27,29,31,33). The first-order valence-electron chi connectivity index (χ1n) is 10.3. The summed E-state index contributed by atoms with van der Waals surface area (Å²) >= 11 is 5.09. The Labute approximate surface area is 197 Å². The number of benzene rings is 3. The van der Waals surface area contributed by atoms with Gasteiger partial charge in [-0.1, -0.05) is 56.3 Å². The first-order valence-corrected chi connectivity index (χ1v) is 10.7. The maximum absolute atomic E-state index is 12.4. The second-order valence-corrected chi connectivity index (χ2v) is 7.94. The molecule has 0 aliphatic carbocycles. The highest BCUT2D eigenvalue weighted by molar-refractivity contribution is 7.80. The van der Waals surface area contributed by atoms with Crippen LogP contribution in [0.2, 0.25) is 0 Å². The van der Waals surface area contributed by atoms with Crippen molar-refractivity contribution in [3.05, 3.63) is 90.0 Å². The van der Waals surface area contributed by atoms with Crippen LogP contribution in [-0.2, 0) is 4.79 Å². The molecule has 3 amide bonds. The number of anilines is 1. The molecule has 168 valence electrons. The topological polar surface area (TPSA) is 99.3 Å². The third-order valence-corrected chi connectivity index (χ3v) is 4.91. The maximum atomic E-state index is 12.4. The Balaban J connectivity index is 1.49. The van der Waals surface area contributed by atoms with Crippen molar-refractivity contribution in [2.75, 3.05) is 5.32 Å². The fraction of sp³-hybridized carbons (Fsp3) is 0.120. The molecule has 4 N–H and O–H groups in total. The zero-order valence-electron chi connectivity index (χ0n) is 18.2. The van der Waals surface area contributed by atoms with E-state index in [-0.39, 0.29) is 16.9 Å². The minimum atomic E-state index is -0.444. The average Bonchev–Trinajstić information content (AvgIpc) is 2.83. The zero-order valence-corrected chi connectivity index (χ0v) is 19.0. The molecule has 3 rings (SSSR count). The van der Waals surface area contributed by atoms with Crippen molar-refractivity contribution in [1.82, 2.24) is 16.2 Å². The van der Waals surface area contributed by atoms with Gasteiger partial charge >= 0.3 is 0 Å². The quantitative estimate of drug-likeness (QED) is 0.342. The normalized spacial score (nSPS) is 10.3. The molecule has 0 heterocycles. The molecule has 0 unspecified atom stereocenters. The summed E-state index contributed by atoms with van der Waals surface area (Å²) in [6.07, 6.45) is 0. The van der Waals surface area contributed by atoms with Crippen molar-refractivity contribution in [2.24, 2.45) is 5.92 Å². The number of thiocarbonyl (C=S) groups is 1. The molecule has 7 nitrogen and oxygen atoms in total. The summed E-state index contributed by atoms with van der Waals surface area (Å²) in [7, 11) is 0. The summed E-state index contributed by atoms with van der Waals surface area (Å²) in [4.78, 5) is 36.4. The Morgan fingerprint density at radius 3 is 1.85 bits per heavy atom. The highest BCUT2D eigenvalue weighted by Crippen LogP contribution is 2.19. The smallest absolute Gasteiger partial charge is 0.269 e. The number of carbonyl (C=O) groups is 3. The van der Waals surface area contributed by atoms with Crippen molar-refractivity contribution < 1.29 is 14.4 Å². The lowest BCUT2D eigenvalue weighted by atomic mass is 10.0. The molecular weight excluding hydrogens is 436 g/mol. The first-order chi connectivity index (χ1) is 15.8. The van der Waals surface area contributed by atoms with Crippen molar-refractivity contribution in [3.8, 4) is 11.1 Å². The van der Waals surface area contributed by atoms with Crippen molar-refractivity contribution in [1.29, 1.82) is 0 Å². The van der Waals surface area contributed by atoms with Crippen LogP contribution in [0.3, 0.4) is 0 Å². The van der Waals surface area contributed by atoms with Crippen LogP contribution in [0, 0.1) is 5.92 Å². The number of rotatable bonds is 5. The molecule has 3 aromatic rings. The van der Waals surface area contributed by atoms with E-state index < -0.39 is 11.8 Å². The molecule has 33 heavy (non-hydrogen) atoms. The molecule has 0 aliphatic heterocycles. The fourth-order valence-electron chi connectivity index (χ4n) is 2.83. The second-order valence-electron chi connectivity index (χ2n) is 7.53. The molecule has 3 aromatic carbocycles. The van der Waals surface area contributed by atoms with E-state index in [4.69, 9.17) is 12.2 Å². The summed E-state index contributed by atoms with van der Waals surface area (Å²) in [6.45, 7) is 3.59. The Bertz CT molecular complexity index is 1140. The molecule has 0 atom stereocenters. The van der Waals surface area contributed by atoms with Crippen molar-refractivity contribution in [2.45, 2.75) is 13.8 Å².